The molecule has 0 atom stereocenters. The fraction of sp³-hybridized carbons (Fsp3) is 0.667. The normalized spacial score (nSPS) is 11.0. The second kappa shape index (κ2) is 3.61. The second-order valence-electron chi connectivity index (χ2n) is 3.56. The summed E-state index contributed by atoms with van der Waals surface area (Å²) in [5.74, 6) is 1.70. The van der Waals surface area contributed by atoms with Gasteiger partial charge in [0.15, 0.2) is 0 Å². The number of nitrogens with zero attached hydrogens (tertiary/aromatic N) is 1. The molecule has 0 fully saturated rings. The fourth-order valence-electron chi connectivity index (χ4n) is 1.06. The number of aromatic hydroxyl groups is 1. The van der Waals surface area contributed by atoms with Gasteiger partial charge in [-0.2, -0.15) is 4.98 Å². The Labute approximate surface area is 72.8 Å². The predicted molar refractivity (Wildman–Crippen MR) is 48.1 cm³/mol. The molecule has 3 nitrogen and oxygen atoms in total. The first-order valence-electron chi connectivity index (χ1n) is 4.34. The lowest BCUT2D eigenvalue weighted by Gasteiger charge is -2.00. The minimum atomic E-state index is 0.133. The van der Waals surface area contributed by atoms with Crippen LogP contribution in [-0.2, 0) is 6.42 Å². The molecule has 0 aliphatic heterocycles. The lowest BCUT2D eigenvalue weighted by atomic mass is 10.1. The summed E-state index contributed by atoms with van der Waals surface area (Å²) in [6.07, 6.45) is 2.02. The van der Waals surface area contributed by atoms with Crippen molar-refractivity contribution in [3.05, 3.63) is 11.5 Å². The Morgan fingerprint density at radius 2 is 2.17 bits per heavy atom. The van der Waals surface area contributed by atoms with Gasteiger partial charge in [-0.05, 0) is 19.3 Å². The van der Waals surface area contributed by atoms with Gasteiger partial charge in [-0.3, -0.25) is 0 Å². The van der Waals surface area contributed by atoms with Crippen LogP contribution in [-0.4, -0.2) is 15.1 Å². The summed E-state index contributed by atoms with van der Waals surface area (Å²) < 4.78 is 0. The molecule has 1 aromatic heterocycles. The number of imidazole rings is 1. The number of rotatable bonds is 3. The Balaban J connectivity index is 2.53. The number of aryl methyl sites for hydroxylation is 2. The van der Waals surface area contributed by atoms with E-state index in [9.17, 15) is 0 Å². The fourth-order valence-corrected chi connectivity index (χ4v) is 1.06. The number of aromatic amines is 1. The maximum absolute atomic E-state index is 9.16. The highest BCUT2D eigenvalue weighted by atomic mass is 16.3. The van der Waals surface area contributed by atoms with E-state index in [-0.39, 0.29) is 5.88 Å². The molecule has 0 aromatic carbocycles. The van der Waals surface area contributed by atoms with E-state index in [0.29, 0.717) is 5.92 Å². The quantitative estimate of drug-likeness (QED) is 0.725. The molecular weight excluding hydrogens is 152 g/mol. The molecule has 3 heteroatoms. The SMILES string of the molecule is Cc1[nH]c(CCC(C)C)nc1O. The van der Waals surface area contributed by atoms with E-state index in [2.05, 4.69) is 23.8 Å². The van der Waals surface area contributed by atoms with Crippen molar-refractivity contribution in [2.75, 3.05) is 0 Å². The van der Waals surface area contributed by atoms with E-state index in [4.69, 9.17) is 5.11 Å². The lowest BCUT2D eigenvalue weighted by molar-refractivity contribution is 0.450. The van der Waals surface area contributed by atoms with E-state index < -0.39 is 0 Å². The molecule has 0 radical (unpaired) electrons. The summed E-state index contributed by atoms with van der Waals surface area (Å²) in [4.78, 5) is 7.02. The van der Waals surface area contributed by atoms with E-state index in [1.165, 1.54) is 0 Å². The molecule has 1 heterocycles. The molecule has 0 aliphatic rings. The van der Waals surface area contributed by atoms with Crippen molar-refractivity contribution in [3.8, 4) is 5.88 Å². The summed E-state index contributed by atoms with van der Waals surface area (Å²) in [6.45, 7) is 6.17. The van der Waals surface area contributed by atoms with Crippen molar-refractivity contribution in [1.29, 1.82) is 0 Å². The highest BCUT2D eigenvalue weighted by Gasteiger charge is 2.04. The Kier molecular flexibility index (Phi) is 2.74. The monoisotopic (exact) mass is 168 g/mol. The Morgan fingerprint density at radius 1 is 1.50 bits per heavy atom. The van der Waals surface area contributed by atoms with Gasteiger partial charge in [0.1, 0.15) is 5.82 Å². The van der Waals surface area contributed by atoms with Crippen LogP contribution < -0.4 is 0 Å². The van der Waals surface area contributed by atoms with Crippen molar-refractivity contribution >= 4 is 0 Å². The average Bonchev–Trinajstić information content (AvgIpc) is 2.28. The van der Waals surface area contributed by atoms with Crippen molar-refractivity contribution in [2.45, 2.75) is 33.6 Å². The highest BCUT2D eigenvalue weighted by Crippen LogP contribution is 2.13. The summed E-state index contributed by atoms with van der Waals surface area (Å²) >= 11 is 0. The highest BCUT2D eigenvalue weighted by molar-refractivity contribution is 5.17. The van der Waals surface area contributed by atoms with Gasteiger partial charge in [0.05, 0.1) is 5.69 Å². The average molecular weight is 168 g/mol. The molecule has 0 unspecified atom stereocenters. The summed E-state index contributed by atoms with van der Waals surface area (Å²) in [5.41, 5.74) is 0.758. The van der Waals surface area contributed by atoms with E-state index in [0.717, 1.165) is 24.4 Å². The Bertz CT molecular complexity index is 234. The van der Waals surface area contributed by atoms with E-state index >= 15 is 0 Å². The smallest absolute Gasteiger partial charge is 0.232 e. The van der Waals surface area contributed by atoms with Crippen LogP contribution in [0.4, 0.5) is 0 Å². The molecule has 0 spiro atoms. The summed E-state index contributed by atoms with van der Waals surface area (Å²) in [7, 11) is 0. The van der Waals surface area contributed by atoms with Crippen molar-refractivity contribution in [2.24, 2.45) is 5.92 Å². The van der Waals surface area contributed by atoms with Crippen LogP contribution in [0.2, 0.25) is 0 Å². The number of hydrogen-bond acceptors (Lipinski definition) is 2. The topological polar surface area (TPSA) is 48.9 Å². The first-order valence-corrected chi connectivity index (χ1v) is 4.34. The largest absolute Gasteiger partial charge is 0.492 e. The van der Waals surface area contributed by atoms with Gasteiger partial charge in [-0.1, -0.05) is 13.8 Å². The van der Waals surface area contributed by atoms with Gasteiger partial charge in [-0.15, -0.1) is 0 Å². The van der Waals surface area contributed by atoms with Crippen LogP contribution in [0.1, 0.15) is 31.8 Å². The van der Waals surface area contributed by atoms with Crippen LogP contribution in [0.5, 0.6) is 5.88 Å². The second-order valence-corrected chi connectivity index (χ2v) is 3.56. The van der Waals surface area contributed by atoms with Crippen LogP contribution in [0.15, 0.2) is 0 Å². The number of aromatic nitrogens is 2. The van der Waals surface area contributed by atoms with Crippen LogP contribution in [0.25, 0.3) is 0 Å². The maximum atomic E-state index is 9.16. The molecule has 1 rings (SSSR count). The van der Waals surface area contributed by atoms with Crippen LogP contribution in [0.3, 0.4) is 0 Å². The van der Waals surface area contributed by atoms with Crippen molar-refractivity contribution < 1.29 is 5.11 Å². The Hall–Kier alpha value is -0.990. The van der Waals surface area contributed by atoms with Crippen molar-refractivity contribution in [3.63, 3.8) is 0 Å². The molecule has 0 saturated heterocycles. The predicted octanol–water partition coefficient (Wildman–Crippen LogP) is 2.01. The van der Waals surface area contributed by atoms with Gasteiger partial charge >= 0.3 is 0 Å². The third-order valence-corrected chi connectivity index (χ3v) is 1.87. The first-order chi connectivity index (χ1) is 5.59. The summed E-state index contributed by atoms with van der Waals surface area (Å²) in [5, 5.41) is 9.16. The van der Waals surface area contributed by atoms with Gasteiger partial charge in [0.2, 0.25) is 5.88 Å². The van der Waals surface area contributed by atoms with Gasteiger partial charge in [0.25, 0.3) is 0 Å². The molecule has 0 aliphatic carbocycles. The number of hydrogen-bond donors (Lipinski definition) is 2. The minimum Gasteiger partial charge on any atom is -0.492 e. The minimum absolute atomic E-state index is 0.133. The molecule has 68 valence electrons. The molecule has 0 amide bonds. The molecular formula is C9H16N2O. The third-order valence-electron chi connectivity index (χ3n) is 1.87. The molecule has 12 heavy (non-hydrogen) atoms. The van der Waals surface area contributed by atoms with E-state index in [1.807, 2.05) is 6.92 Å². The van der Waals surface area contributed by atoms with E-state index in [1.54, 1.807) is 0 Å². The molecule has 0 bridgehead atoms. The summed E-state index contributed by atoms with van der Waals surface area (Å²) in [6, 6.07) is 0. The van der Waals surface area contributed by atoms with Crippen LogP contribution >= 0.6 is 0 Å². The lowest BCUT2D eigenvalue weighted by Crippen LogP contribution is -1.93. The number of nitrogens with one attached hydrogen (secondary N) is 1. The Morgan fingerprint density at radius 3 is 2.58 bits per heavy atom. The zero-order valence-electron chi connectivity index (χ0n) is 7.89. The van der Waals surface area contributed by atoms with Gasteiger partial charge in [0, 0.05) is 6.42 Å². The standard InChI is InChI=1S/C9H16N2O/c1-6(2)4-5-8-10-7(3)9(12)11-8/h6,12H,4-5H2,1-3H3,(H,10,11). The molecule has 1 aromatic rings. The number of H-pyrrole nitrogens is 1. The maximum Gasteiger partial charge on any atom is 0.232 e. The first kappa shape index (κ1) is 9.10. The molecule has 0 saturated carbocycles. The van der Waals surface area contributed by atoms with Crippen LogP contribution in [0, 0.1) is 12.8 Å². The zero-order valence-corrected chi connectivity index (χ0v) is 7.89. The van der Waals surface area contributed by atoms with Gasteiger partial charge in [-0.25, -0.2) is 0 Å². The molecule has 2 N–H and O–H groups in total. The third kappa shape index (κ3) is 2.26. The van der Waals surface area contributed by atoms with Crippen molar-refractivity contribution in [1.82, 2.24) is 9.97 Å². The zero-order chi connectivity index (χ0) is 9.14. The van der Waals surface area contributed by atoms with Gasteiger partial charge < -0.3 is 10.1 Å².